The van der Waals surface area contributed by atoms with Gasteiger partial charge < -0.3 is 9.67 Å². The first-order valence-electron chi connectivity index (χ1n) is 6.78. The maximum atomic E-state index is 11.1. The van der Waals surface area contributed by atoms with E-state index < -0.39 is 5.97 Å². The Morgan fingerprint density at radius 2 is 2.21 bits per heavy atom. The molecule has 100 valence electrons. The summed E-state index contributed by atoms with van der Waals surface area (Å²) in [5, 5.41) is 9.12. The van der Waals surface area contributed by atoms with Gasteiger partial charge in [0.1, 0.15) is 5.82 Å². The van der Waals surface area contributed by atoms with E-state index in [1.165, 1.54) is 6.42 Å². The van der Waals surface area contributed by atoms with Crippen LogP contribution in [0.4, 0.5) is 0 Å². The lowest BCUT2D eigenvalue weighted by molar-refractivity contribution is 0.0697. The summed E-state index contributed by atoms with van der Waals surface area (Å²) in [6, 6.07) is 5.64. The smallest absolute Gasteiger partial charge is 0.335 e. The Hall–Kier alpha value is -1.84. The molecule has 1 aliphatic carbocycles. The van der Waals surface area contributed by atoms with Gasteiger partial charge in [-0.15, -0.1) is 0 Å². The highest BCUT2D eigenvalue weighted by Crippen LogP contribution is 2.37. The number of imidazole rings is 1. The molecule has 19 heavy (non-hydrogen) atoms. The van der Waals surface area contributed by atoms with Gasteiger partial charge in [-0.1, -0.05) is 6.92 Å². The van der Waals surface area contributed by atoms with Crippen LogP contribution in [0, 0.1) is 12.8 Å². The molecule has 4 heteroatoms. The number of aromatic nitrogens is 2. The highest BCUT2D eigenvalue weighted by Gasteiger charge is 2.25. The van der Waals surface area contributed by atoms with Crippen molar-refractivity contribution in [1.82, 2.24) is 9.55 Å². The molecule has 2 unspecified atom stereocenters. The predicted molar refractivity (Wildman–Crippen MR) is 73.5 cm³/mol. The van der Waals surface area contributed by atoms with Gasteiger partial charge in [0, 0.05) is 6.04 Å². The molecule has 1 aromatic heterocycles. The van der Waals surface area contributed by atoms with Crippen molar-refractivity contribution in [3.63, 3.8) is 0 Å². The average Bonchev–Trinajstić information content (AvgIpc) is 2.90. The number of fused-ring (bicyclic) bond motifs is 1. The molecule has 1 aliphatic rings. The van der Waals surface area contributed by atoms with Gasteiger partial charge in [-0.3, -0.25) is 0 Å². The summed E-state index contributed by atoms with van der Waals surface area (Å²) in [7, 11) is 0. The van der Waals surface area contributed by atoms with Gasteiger partial charge in [0.2, 0.25) is 0 Å². The van der Waals surface area contributed by atoms with E-state index >= 15 is 0 Å². The number of rotatable bonds is 2. The van der Waals surface area contributed by atoms with Gasteiger partial charge >= 0.3 is 5.97 Å². The third-order valence-electron chi connectivity index (χ3n) is 4.15. The van der Waals surface area contributed by atoms with Gasteiger partial charge in [0.25, 0.3) is 0 Å². The van der Waals surface area contributed by atoms with Crippen LogP contribution >= 0.6 is 0 Å². The number of carbonyl (C=O) groups is 1. The second kappa shape index (κ2) is 4.37. The fraction of sp³-hybridized carbons (Fsp3) is 0.467. The monoisotopic (exact) mass is 258 g/mol. The Morgan fingerprint density at radius 1 is 1.42 bits per heavy atom. The van der Waals surface area contributed by atoms with Gasteiger partial charge in [-0.2, -0.15) is 0 Å². The summed E-state index contributed by atoms with van der Waals surface area (Å²) >= 11 is 0. The molecule has 3 rings (SSSR count). The van der Waals surface area contributed by atoms with Crippen molar-refractivity contribution in [2.45, 2.75) is 39.2 Å². The quantitative estimate of drug-likeness (QED) is 0.898. The lowest BCUT2D eigenvalue weighted by Crippen LogP contribution is -2.07. The molecule has 1 aromatic carbocycles. The molecule has 1 saturated carbocycles. The Kier molecular flexibility index (Phi) is 2.81. The van der Waals surface area contributed by atoms with Crippen LogP contribution in [-0.4, -0.2) is 20.6 Å². The number of carboxylic acids is 1. The lowest BCUT2D eigenvalue weighted by atomic mass is 10.1. The summed E-state index contributed by atoms with van der Waals surface area (Å²) in [6.07, 6.45) is 3.55. The molecule has 1 fully saturated rings. The zero-order chi connectivity index (χ0) is 13.6. The average molecular weight is 258 g/mol. The van der Waals surface area contributed by atoms with Crippen LogP contribution in [0.1, 0.15) is 48.4 Å². The van der Waals surface area contributed by atoms with Gasteiger partial charge in [-0.25, -0.2) is 9.78 Å². The third kappa shape index (κ3) is 2.01. The summed E-state index contributed by atoms with van der Waals surface area (Å²) in [6.45, 7) is 4.28. The summed E-state index contributed by atoms with van der Waals surface area (Å²) in [5.41, 5.74) is 2.18. The number of carboxylic acid groups (broad SMARTS) is 1. The minimum absolute atomic E-state index is 0.333. The van der Waals surface area contributed by atoms with Crippen LogP contribution in [0.2, 0.25) is 0 Å². The van der Waals surface area contributed by atoms with E-state index in [-0.39, 0.29) is 0 Å². The Labute approximate surface area is 112 Å². The van der Waals surface area contributed by atoms with E-state index in [2.05, 4.69) is 16.5 Å². The SMILES string of the molecule is Cc1nc2ccc(C(=O)O)cc2n1C1CCC(C)C1. The lowest BCUT2D eigenvalue weighted by Gasteiger charge is -2.15. The van der Waals surface area contributed by atoms with Gasteiger partial charge in [0.05, 0.1) is 16.6 Å². The fourth-order valence-electron chi connectivity index (χ4n) is 3.22. The maximum Gasteiger partial charge on any atom is 0.335 e. The maximum absolute atomic E-state index is 11.1. The van der Waals surface area contributed by atoms with Crippen LogP contribution < -0.4 is 0 Å². The first-order chi connectivity index (χ1) is 9.06. The normalized spacial score (nSPS) is 23.1. The second-order valence-electron chi connectivity index (χ2n) is 5.61. The highest BCUT2D eigenvalue weighted by molar-refractivity contribution is 5.92. The number of benzene rings is 1. The molecule has 2 aromatic rings. The molecule has 0 aliphatic heterocycles. The van der Waals surface area contributed by atoms with Crippen LogP contribution in [0.15, 0.2) is 18.2 Å². The zero-order valence-electron chi connectivity index (χ0n) is 11.3. The first kappa shape index (κ1) is 12.2. The first-order valence-corrected chi connectivity index (χ1v) is 6.78. The molecule has 0 amide bonds. The van der Waals surface area contributed by atoms with E-state index in [1.54, 1.807) is 18.2 Å². The number of nitrogens with zero attached hydrogens (tertiary/aromatic N) is 2. The van der Waals surface area contributed by atoms with Crippen molar-refractivity contribution in [3.05, 3.63) is 29.6 Å². The molecule has 4 nitrogen and oxygen atoms in total. The molecule has 0 radical (unpaired) electrons. The van der Waals surface area contributed by atoms with Crippen molar-refractivity contribution in [2.24, 2.45) is 5.92 Å². The number of aryl methyl sites for hydroxylation is 1. The Balaban J connectivity index is 2.14. The molecule has 2 atom stereocenters. The molecule has 0 bridgehead atoms. The van der Waals surface area contributed by atoms with E-state index in [0.717, 1.165) is 35.6 Å². The fourth-order valence-corrected chi connectivity index (χ4v) is 3.22. The minimum Gasteiger partial charge on any atom is -0.478 e. The highest BCUT2D eigenvalue weighted by atomic mass is 16.4. The van der Waals surface area contributed by atoms with Gasteiger partial charge in [-0.05, 0) is 50.3 Å². The van der Waals surface area contributed by atoms with Crippen LogP contribution in [0.5, 0.6) is 0 Å². The summed E-state index contributed by atoms with van der Waals surface area (Å²) in [5.74, 6) is 0.841. The van der Waals surface area contributed by atoms with Gasteiger partial charge in [0.15, 0.2) is 0 Å². The molecule has 0 saturated heterocycles. The number of hydrogen-bond acceptors (Lipinski definition) is 2. The zero-order valence-corrected chi connectivity index (χ0v) is 11.3. The van der Waals surface area contributed by atoms with Crippen molar-refractivity contribution < 1.29 is 9.90 Å². The van der Waals surface area contributed by atoms with E-state index in [1.807, 2.05) is 6.92 Å². The largest absolute Gasteiger partial charge is 0.478 e. The molecule has 1 N–H and O–H groups in total. The van der Waals surface area contributed by atoms with E-state index in [4.69, 9.17) is 5.11 Å². The van der Waals surface area contributed by atoms with Crippen LogP contribution in [0.25, 0.3) is 11.0 Å². The summed E-state index contributed by atoms with van der Waals surface area (Å²) < 4.78 is 2.23. The van der Waals surface area contributed by atoms with E-state index in [9.17, 15) is 4.79 Å². The van der Waals surface area contributed by atoms with Crippen molar-refractivity contribution in [2.75, 3.05) is 0 Å². The van der Waals surface area contributed by atoms with Crippen molar-refractivity contribution in [1.29, 1.82) is 0 Å². The molecule has 1 heterocycles. The second-order valence-corrected chi connectivity index (χ2v) is 5.61. The van der Waals surface area contributed by atoms with Crippen molar-refractivity contribution >= 4 is 17.0 Å². The van der Waals surface area contributed by atoms with Crippen molar-refractivity contribution in [3.8, 4) is 0 Å². The number of aromatic carboxylic acids is 1. The standard InChI is InChI=1S/C15H18N2O2/c1-9-3-5-12(7-9)17-10(2)16-13-6-4-11(15(18)19)8-14(13)17/h4,6,8-9,12H,3,5,7H2,1-2H3,(H,18,19). The van der Waals surface area contributed by atoms with Crippen LogP contribution in [0.3, 0.4) is 0 Å². The summed E-state index contributed by atoms with van der Waals surface area (Å²) in [4.78, 5) is 15.7. The molecular formula is C15H18N2O2. The molecule has 0 spiro atoms. The van der Waals surface area contributed by atoms with Crippen LogP contribution in [-0.2, 0) is 0 Å². The molecular weight excluding hydrogens is 240 g/mol. The van der Waals surface area contributed by atoms with E-state index in [0.29, 0.717) is 11.6 Å². The Bertz CT molecular complexity index is 645. The minimum atomic E-state index is -0.882. The number of hydrogen-bond donors (Lipinski definition) is 1. The topological polar surface area (TPSA) is 55.1 Å². The third-order valence-corrected chi connectivity index (χ3v) is 4.15. The Morgan fingerprint density at radius 3 is 2.84 bits per heavy atom. The predicted octanol–water partition coefficient (Wildman–Crippen LogP) is 3.40.